The third kappa shape index (κ3) is 5.04. The summed E-state index contributed by atoms with van der Waals surface area (Å²) in [4.78, 5) is 39.7. The Morgan fingerprint density at radius 3 is 2.17 bits per heavy atom. The summed E-state index contributed by atoms with van der Waals surface area (Å²) in [5.41, 5.74) is 3.86. The molecule has 1 fully saturated rings. The predicted octanol–water partition coefficient (Wildman–Crippen LogP) is 4.65. The van der Waals surface area contributed by atoms with Gasteiger partial charge in [0.2, 0.25) is 5.91 Å². The minimum Gasteiger partial charge on any atom is -0.480 e. The number of carbonyl (C=O) groups excluding carboxylic acids is 2. The summed E-state index contributed by atoms with van der Waals surface area (Å²) in [5, 5.41) is 12.5. The number of rotatable bonds is 5. The molecule has 35 heavy (non-hydrogen) atoms. The number of alkyl carbamates (subject to hydrolysis) is 1. The maximum absolute atomic E-state index is 13.5. The molecule has 3 unspecified atom stereocenters. The van der Waals surface area contributed by atoms with Crippen LogP contribution in [0.15, 0.2) is 48.5 Å². The normalized spacial score (nSPS) is 20.5. The lowest BCUT2D eigenvalue weighted by atomic mass is 9.84. The number of fused-ring (bicyclic) bond motifs is 3. The molecule has 186 valence electrons. The maximum Gasteiger partial charge on any atom is 0.407 e. The lowest BCUT2D eigenvalue weighted by molar-refractivity contribution is -0.155. The maximum atomic E-state index is 13.5. The lowest BCUT2D eigenvalue weighted by Gasteiger charge is -2.40. The van der Waals surface area contributed by atoms with Gasteiger partial charge in [0.05, 0.1) is 0 Å². The average molecular weight is 479 g/mol. The molecule has 1 heterocycles. The number of amides is 2. The Morgan fingerprint density at radius 2 is 1.63 bits per heavy atom. The zero-order chi connectivity index (χ0) is 25.3. The molecule has 0 saturated carbocycles. The number of nitrogens with zero attached hydrogens (tertiary/aromatic N) is 1. The molecule has 0 aromatic heterocycles. The zero-order valence-corrected chi connectivity index (χ0v) is 20.8. The van der Waals surface area contributed by atoms with Crippen molar-refractivity contribution in [3.63, 3.8) is 0 Å². The number of hydrogen-bond donors (Lipinski definition) is 2. The average Bonchev–Trinajstić information content (AvgIpc) is 3.13. The van der Waals surface area contributed by atoms with Gasteiger partial charge >= 0.3 is 12.1 Å². The van der Waals surface area contributed by atoms with E-state index < -0.39 is 29.6 Å². The Labute approximate surface area is 206 Å². The van der Waals surface area contributed by atoms with Gasteiger partial charge in [0.25, 0.3) is 0 Å². The van der Waals surface area contributed by atoms with Gasteiger partial charge in [-0.05, 0) is 46.4 Å². The molecule has 2 amide bonds. The van der Waals surface area contributed by atoms with E-state index in [-0.39, 0.29) is 24.3 Å². The molecule has 2 N–H and O–H groups in total. The van der Waals surface area contributed by atoms with E-state index >= 15 is 0 Å². The molecule has 3 atom stereocenters. The fourth-order valence-electron chi connectivity index (χ4n) is 5.21. The van der Waals surface area contributed by atoms with E-state index in [0.29, 0.717) is 13.0 Å². The Balaban J connectivity index is 1.47. The second kappa shape index (κ2) is 9.72. The van der Waals surface area contributed by atoms with E-state index in [1.807, 2.05) is 64.1 Å². The van der Waals surface area contributed by atoms with Crippen molar-refractivity contribution in [2.75, 3.05) is 13.2 Å². The van der Waals surface area contributed by atoms with E-state index in [9.17, 15) is 19.5 Å². The first kappa shape index (κ1) is 24.8. The number of likely N-dealkylation sites (tertiary alicyclic amines) is 1. The van der Waals surface area contributed by atoms with Crippen molar-refractivity contribution in [3.05, 3.63) is 59.7 Å². The van der Waals surface area contributed by atoms with Gasteiger partial charge in [-0.1, -0.05) is 76.2 Å². The topological polar surface area (TPSA) is 95.9 Å². The van der Waals surface area contributed by atoms with Gasteiger partial charge in [-0.25, -0.2) is 9.59 Å². The Hall–Kier alpha value is -3.35. The second-order valence-corrected chi connectivity index (χ2v) is 10.8. The summed E-state index contributed by atoms with van der Waals surface area (Å²) >= 11 is 0. The molecule has 4 rings (SSSR count). The van der Waals surface area contributed by atoms with Crippen LogP contribution in [0.1, 0.15) is 57.6 Å². The molecule has 2 aliphatic rings. The number of piperidine rings is 1. The number of hydrogen-bond acceptors (Lipinski definition) is 4. The van der Waals surface area contributed by atoms with Crippen LogP contribution in [-0.2, 0) is 14.3 Å². The molecule has 1 saturated heterocycles. The number of aliphatic carboxylic acids is 1. The largest absolute Gasteiger partial charge is 0.480 e. The minimum atomic E-state index is -1.02. The minimum absolute atomic E-state index is 0.0862. The number of carboxylic acids is 1. The van der Waals surface area contributed by atoms with Crippen molar-refractivity contribution in [2.45, 2.75) is 58.5 Å². The fraction of sp³-hybridized carbons (Fsp3) is 0.464. The molecule has 1 aliphatic carbocycles. The van der Waals surface area contributed by atoms with Crippen LogP contribution in [0.25, 0.3) is 11.1 Å². The number of carboxylic acid groups (broad SMARTS) is 1. The third-order valence-corrected chi connectivity index (χ3v) is 7.15. The zero-order valence-electron chi connectivity index (χ0n) is 20.8. The monoisotopic (exact) mass is 478 g/mol. The van der Waals surface area contributed by atoms with Gasteiger partial charge in [-0.15, -0.1) is 0 Å². The number of ether oxygens (including phenoxy) is 1. The van der Waals surface area contributed by atoms with Gasteiger partial charge in [0.1, 0.15) is 18.7 Å². The van der Waals surface area contributed by atoms with E-state index in [2.05, 4.69) is 17.4 Å². The highest BCUT2D eigenvalue weighted by atomic mass is 16.5. The first-order chi connectivity index (χ1) is 16.6. The van der Waals surface area contributed by atoms with Crippen LogP contribution in [0.5, 0.6) is 0 Å². The van der Waals surface area contributed by atoms with Gasteiger partial charge in [0, 0.05) is 12.5 Å². The smallest absolute Gasteiger partial charge is 0.407 e. The van der Waals surface area contributed by atoms with Crippen molar-refractivity contribution in [2.24, 2.45) is 11.3 Å². The molecule has 7 heteroatoms. The van der Waals surface area contributed by atoms with Gasteiger partial charge < -0.3 is 20.1 Å². The molecule has 0 spiro atoms. The molecule has 2 aromatic carbocycles. The molecule has 2 aromatic rings. The molecule has 1 aliphatic heterocycles. The van der Waals surface area contributed by atoms with Crippen LogP contribution in [0, 0.1) is 11.3 Å². The third-order valence-electron chi connectivity index (χ3n) is 7.15. The van der Waals surface area contributed by atoms with Crippen LogP contribution < -0.4 is 5.32 Å². The number of carbonyl (C=O) groups is 3. The quantitative estimate of drug-likeness (QED) is 0.652. The second-order valence-electron chi connectivity index (χ2n) is 10.8. The number of nitrogens with one attached hydrogen (secondary N) is 1. The van der Waals surface area contributed by atoms with Gasteiger partial charge in [-0.3, -0.25) is 4.79 Å². The van der Waals surface area contributed by atoms with Gasteiger partial charge in [-0.2, -0.15) is 0 Å². The van der Waals surface area contributed by atoms with E-state index in [1.54, 1.807) is 0 Å². The summed E-state index contributed by atoms with van der Waals surface area (Å²) in [5.74, 6) is -1.26. The molecule has 0 bridgehead atoms. The summed E-state index contributed by atoms with van der Waals surface area (Å²) in [7, 11) is 0. The predicted molar refractivity (Wildman–Crippen MR) is 133 cm³/mol. The van der Waals surface area contributed by atoms with Crippen molar-refractivity contribution >= 4 is 18.0 Å². The van der Waals surface area contributed by atoms with E-state index in [0.717, 1.165) is 28.7 Å². The van der Waals surface area contributed by atoms with E-state index in [1.165, 1.54) is 4.90 Å². The summed E-state index contributed by atoms with van der Waals surface area (Å²) < 4.78 is 5.66. The highest BCUT2D eigenvalue weighted by molar-refractivity contribution is 5.90. The molecular formula is C28H34N2O5. The Bertz CT molecular complexity index is 1080. The van der Waals surface area contributed by atoms with Crippen LogP contribution >= 0.6 is 0 Å². The summed E-state index contributed by atoms with van der Waals surface area (Å²) in [6.45, 7) is 8.04. The Kier molecular flexibility index (Phi) is 6.88. The molecule has 7 nitrogen and oxygen atoms in total. The molecule has 0 radical (unpaired) electrons. The SMILES string of the molecule is CC1CCN(C(=O)C(NC(=O)OCC2c3ccccc3-c3ccccc32)C(C)(C)C)C(C(=O)O)C1. The van der Waals surface area contributed by atoms with Crippen molar-refractivity contribution in [1.82, 2.24) is 10.2 Å². The standard InChI is InChI=1S/C28H34N2O5/c1-17-13-14-30(23(15-17)26(32)33)25(31)24(28(2,3)4)29-27(34)35-16-22-20-11-7-5-9-18(20)19-10-6-8-12-21(19)22/h5-12,17,22-24H,13-16H2,1-4H3,(H,29,34)(H,32,33). The first-order valence-corrected chi connectivity index (χ1v) is 12.2. The summed E-state index contributed by atoms with van der Waals surface area (Å²) in [6, 6.07) is 14.4. The van der Waals surface area contributed by atoms with Crippen LogP contribution in [0.2, 0.25) is 0 Å². The van der Waals surface area contributed by atoms with E-state index in [4.69, 9.17) is 4.74 Å². The Morgan fingerprint density at radius 1 is 1.06 bits per heavy atom. The van der Waals surface area contributed by atoms with Crippen molar-refractivity contribution < 1.29 is 24.2 Å². The van der Waals surface area contributed by atoms with Crippen molar-refractivity contribution in [3.8, 4) is 11.1 Å². The molecular weight excluding hydrogens is 444 g/mol. The van der Waals surface area contributed by atoms with Crippen LogP contribution in [-0.4, -0.2) is 53.2 Å². The first-order valence-electron chi connectivity index (χ1n) is 12.2. The van der Waals surface area contributed by atoms with Crippen molar-refractivity contribution in [1.29, 1.82) is 0 Å². The highest BCUT2D eigenvalue weighted by Gasteiger charge is 2.42. The van der Waals surface area contributed by atoms with Gasteiger partial charge in [0.15, 0.2) is 0 Å². The highest BCUT2D eigenvalue weighted by Crippen LogP contribution is 2.44. The fourth-order valence-corrected chi connectivity index (χ4v) is 5.21. The number of benzene rings is 2. The van der Waals surface area contributed by atoms with Crippen LogP contribution in [0.4, 0.5) is 4.79 Å². The lowest BCUT2D eigenvalue weighted by Crippen LogP contribution is -2.60. The summed E-state index contributed by atoms with van der Waals surface area (Å²) in [6.07, 6.45) is 0.456. The van der Waals surface area contributed by atoms with Crippen LogP contribution in [0.3, 0.4) is 0 Å².